The summed E-state index contributed by atoms with van der Waals surface area (Å²) in [6.45, 7) is 8.67. The maximum atomic E-state index is 4.50. The predicted molar refractivity (Wildman–Crippen MR) is 89.7 cm³/mol. The number of pyridine rings is 1. The summed E-state index contributed by atoms with van der Waals surface area (Å²) in [5, 5.41) is 3.54. The van der Waals surface area contributed by atoms with E-state index in [2.05, 4.69) is 60.2 Å². The molecule has 1 saturated carbocycles. The average Bonchev–Trinajstić information content (AvgIpc) is 3.25. The van der Waals surface area contributed by atoms with Crippen LogP contribution in [0.3, 0.4) is 0 Å². The number of hydrogen-bond acceptors (Lipinski definition) is 4. The van der Waals surface area contributed by atoms with Crippen molar-refractivity contribution in [3.8, 4) is 0 Å². The van der Waals surface area contributed by atoms with Crippen LogP contribution >= 0.6 is 0 Å². The van der Waals surface area contributed by atoms with Crippen LogP contribution in [0.5, 0.6) is 0 Å². The van der Waals surface area contributed by atoms with E-state index in [1.165, 1.54) is 18.5 Å². The molecule has 1 aliphatic carbocycles. The Morgan fingerprint density at radius 2 is 2.05 bits per heavy atom. The zero-order chi connectivity index (χ0) is 15.2. The molecule has 4 heteroatoms. The first-order valence-corrected chi connectivity index (χ1v) is 8.12. The monoisotopic (exact) mass is 290 g/mol. The van der Waals surface area contributed by atoms with Gasteiger partial charge in [-0.3, -0.25) is 4.98 Å². The number of nitrogens with one attached hydrogen (secondary N) is 1. The van der Waals surface area contributed by atoms with Crippen molar-refractivity contribution >= 4 is 5.69 Å². The zero-order valence-corrected chi connectivity index (χ0v) is 14.0. The summed E-state index contributed by atoms with van der Waals surface area (Å²) in [6.07, 6.45) is 4.59. The topological polar surface area (TPSA) is 31.4 Å². The first kappa shape index (κ1) is 16.2. The Kier molecular flexibility index (Phi) is 6.00. The SMILES string of the molecule is CC(C)CN(CCN(C)C)c1ccnc(CNC2CC2)c1. The van der Waals surface area contributed by atoms with Crippen LogP contribution in [0.2, 0.25) is 0 Å². The molecule has 0 spiro atoms. The van der Waals surface area contributed by atoms with Gasteiger partial charge in [-0.2, -0.15) is 0 Å². The Labute approximate surface area is 129 Å². The summed E-state index contributed by atoms with van der Waals surface area (Å²) in [4.78, 5) is 9.22. The third-order valence-electron chi connectivity index (χ3n) is 3.72. The highest BCUT2D eigenvalue weighted by molar-refractivity contribution is 5.46. The maximum Gasteiger partial charge on any atom is 0.0562 e. The lowest BCUT2D eigenvalue weighted by atomic mass is 10.2. The molecule has 0 bridgehead atoms. The summed E-state index contributed by atoms with van der Waals surface area (Å²) in [7, 11) is 4.26. The van der Waals surface area contributed by atoms with Gasteiger partial charge in [-0.05, 0) is 45.0 Å². The minimum absolute atomic E-state index is 0.661. The van der Waals surface area contributed by atoms with Crippen molar-refractivity contribution in [3.05, 3.63) is 24.0 Å². The van der Waals surface area contributed by atoms with E-state index in [0.29, 0.717) is 5.92 Å². The second-order valence-corrected chi connectivity index (χ2v) is 6.80. The fraction of sp³-hybridized carbons (Fsp3) is 0.706. The summed E-state index contributed by atoms with van der Waals surface area (Å²) >= 11 is 0. The second-order valence-electron chi connectivity index (χ2n) is 6.80. The highest BCUT2D eigenvalue weighted by atomic mass is 15.2. The van der Waals surface area contributed by atoms with E-state index in [4.69, 9.17) is 0 Å². The summed E-state index contributed by atoms with van der Waals surface area (Å²) in [5.74, 6) is 0.661. The molecule has 0 aliphatic heterocycles. The lowest BCUT2D eigenvalue weighted by Crippen LogP contribution is -2.34. The zero-order valence-electron chi connectivity index (χ0n) is 14.0. The van der Waals surface area contributed by atoms with Gasteiger partial charge in [-0.1, -0.05) is 13.8 Å². The van der Waals surface area contributed by atoms with Gasteiger partial charge in [0.1, 0.15) is 0 Å². The van der Waals surface area contributed by atoms with Gasteiger partial charge < -0.3 is 15.1 Å². The highest BCUT2D eigenvalue weighted by Gasteiger charge is 2.20. The number of rotatable bonds is 9. The largest absolute Gasteiger partial charge is 0.370 e. The predicted octanol–water partition coefficient (Wildman–Crippen LogP) is 2.36. The van der Waals surface area contributed by atoms with Crippen LogP contribution in [-0.4, -0.2) is 49.7 Å². The standard InChI is InChI=1S/C17H30N4/c1-14(2)13-21(10-9-20(3)4)17-7-8-18-16(11-17)12-19-15-5-6-15/h7-8,11,14-15,19H,5-6,9-10,12-13H2,1-4H3. The minimum atomic E-state index is 0.661. The molecule has 21 heavy (non-hydrogen) atoms. The molecule has 1 N–H and O–H groups in total. The third-order valence-corrected chi connectivity index (χ3v) is 3.72. The second kappa shape index (κ2) is 7.76. The third kappa shape index (κ3) is 6.02. The van der Waals surface area contributed by atoms with Crippen LogP contribution in [0.15, 0.2) is 18.3 Å². The molecule has 1 heterocycles. The van der Waals surface area contributed by atoms with Crippen LogP contribution < -0.4 is 10.2 Å². The number of aromatic nitrogens is 1. The van der Waals surface area contributed by atoms with Gasteiger partial charge in [0.25, 0.3) is 0 Å². The van der Waals surface area contributed by atoms with Gasteiger partial charge in [-0.15, -0.1) is 0 Å². The van der Waals surface area contributed by atoms with Gasteiger partial charge in [0.05, 0.1) is 5.69 Å². The Bertz CT molecular complexity index is 427. The normalized spacial score (nSPS) is 15.0. The molecule has 118 valence electrons. The molecule has 1 fully saturated rings. The molecule has 0 amide bonds. The Morgan fingerprint density at radius 3 is 2.67 bits per heavy atom. The first-order valence-electron chi connectivity index (χ1n) is 8.12. The molecule has 0 saturated heterocycles. The van der Waals surface area contributed by atoms with Crippen molar-refractivity contribution in [2.24, 2.45) is 5.92 Å². The number of hydrogen-bond donors (Lipinski definition) is 1. The van der Waals surface area contributed by atoms with Crippen LogP contribution in [-0.2, 0) is 6.54 Å². The van der Waals surface area contributed by atoms with Crippen LogP contribution in [0.4, 0.5) is 5.69 Å². The fourth-order valence-corrected chi connectivity index (χ4v) is 2.38. The molecule has 4 nitrogen and oxygen atoms in total. The van der Waals surface area contributed by atoms with Crippen LogP contribution in [0.1, 0.15) is 32.4 Å². The smallest absolute Gasteiger partial charge is 0.0562 e. The molecule has 1 aromatic heterocycles. The first-order chi connectivity index (χ1) is 10.0. The van der Waals surface area contributed by atoms with Crippen molar-refractivity contribution in [3.63, 3.8) is 0 Å². The van der Waals surface area contributed by atoms with Crippen molar-refractivity contribution < 1.29 is 0 Å². The van der Waals surface area contributed by atoms with Gasteiger partial charge in [0, 0.05) is 44.1 Å². The molecule has 2 rings (SSSR count). The highest BCUT2D eigenvalue weighted by Crippen LogP contribution is 2.20. The minimum Gasteiger partial charge on any atom is -0.370 e. The van der Waals surface area contributed by atoms with E-state index in [1.807, 2.05) is 6.20 Å². The molecule has 1 aliphatic rings. The molecule has 1 aromatic rings. The fourth-order valence-electron chi connectivity index (χ4n) is 2.38. The Balaban J connectivity index is 2.00. The number of likely N-dealkylation sites (N-methyl/N-ethyl adjacent to an activating group) is 1. The van der Waals surface area contributed by atoms with Crippen molar-refractivity contribution in [1.82, 2.24) is 15.2 Å². The molecular formula is C17H30N4. The quantitative estimate of drug-likeness (QED) is 0.756. The van der Waals surface area contributed by atoms with Crippen molar-refractivity contribution in [1.29, 1.82) is 0 Å². The van der Waals surface area contributed by atoms with E-state index in [-0.39, 0.29) is 0 Å². The summed E-state index contributed by atoms with van der Waals surface area (Å²) in [5.41, 5.74) is 2.45. The summed E-state index contributed by atoms with van der Waals surface area (Å²) < 4.78 is 0. The summed E-state index contributed by atoms with van der Waals surface area (Å²) in [6, 6.07) is 5.11. The van der Waals surface area contributed by atoms with E-state index in [0.717, 1.165) is 37.9 Å². The molecule has 0 atom stereocenters. The average molecular weight is 290 g/mol. The molecule has 0 radical (unpaired) electrons. The number of anilines is 1. The molecular weight excluding hydrogens is 260 g/mol. The van der Waals surface area contributed by atoms with E-state index >= 15 is 0 Å². The van der Waals surface area contributed by atoms with E-state index in [1.54, 1.807) is 0 Å². The van der Waals surface area contributed by atoms with Crippen LogP contribution in [0, 0.1) is 5.92 Å². The molecule has 0 unspecified atom stereocenters. The Hall–Kier alpha value is -1.13. The lowest BCUT2D eigenvalue weighted by molar-refractivity contribution is 0.409. The van der Waals surface area contributed by atoms with Gasteiger partial charge in [0.15, 0.2) is 0 Å². The van der Waals surface area contributed by atoms with Crippen molar-refractivity contribution in [2.45, 2.75) is 39.3 Å². The lowest BCUT2D eigenvalue weighted by Gasteiger charge is -2.28. The van der Waals surface area contributed by atoms with E-state index in [9.17, 15) is 0 Å². The maximum absolute atomic E-state index is 4.50. The van der Waals surface area contributed by atoms with E-state index < -0.39 is 0 Å². The number of nitrogens with zero attached hydrogens (tertiary/aromatic N) is 3. The van der Waals surface area contributed by atoms with Gasteiger partial charge in [0.2, 0.25) is 0 Å². The Morgan fingerprint density at radius 1 is 1.29 bits per heavy atom. The van der Waals surface area contributed by atoms with Crippen molar-refractivity contribution in [2.75, 3.05) is 38.6 Å². The molecule has 0 aromatic carbocycles. The van der Waals surface area contributed by atoms with Gasteiger partial charge >= 0.3 is 0 Å². The van der Waals surface area contributed by atoms with Crippen LogP contribution in [0.25, 0.3) is 0 Å². The van der Waals surface area contributed by atoms with Gasteiger partial charge in [-0.25, -0.2) is 0 Å².